The van der Waals surface area contributed by atoms with E-state index >= 15 is 0 Å². The number of hydrogen-bond donors (Lipinski definition) is 1. The van der Waals surface area contributed by atoms with Gasteiger partial charge in [-0.2, -0.15) is 0 Å². The van der Waals surface area contributed by atoms with Crippen molar-refractivity contribution >= 4 is 23.1 Å². The lowest BCUT2D eigenvalue weighted by molar-refractivity contribution is -0.125. The van der Waals surface area contributed by atoms with Crippen molar-refractivity contribution in [2.45, 2.75) is 40.2 Å². The number of carbonyl (C=O) groups excluding carboxylic acids is 2. The Morgan fingerprint density at radius 2 is 1.97 bits per heavy atom. The fourth-order valence-electron chi connectivity index (χ4n) is 4.42. The summed E-state index contributed by atoms with van der Waals surface area (Å²) in [4.78, 5) is 33.0. The second-order valence-corrected chi connectivity index (χ2v) is 8.95. The van der Waals surface area contributed by atoms with Crippen molar-refractivity contribution < 1.29 is 9.59 Å². The molecule has 2 aliphatic rings. The van der Waals surface area contributed by atoms with Gasteiger partial charge in [0.1, 0.15) is 5.78 Å². The van der Waals surface area contributed by atoms with E-state index in [9.17, 15) is 9.59 Å². The largest absolute Gasteiger partial charge is 0.357 e. The molecule has 0 fully saturated rings. The molecule has 1 aliphatic heterocycles. The molecule has 0 saturated heterocycles. The average molecular weight is 389 g/mol. The first-order valence-corrected chi connectivity index (χ1v) is 10.1. The molecule has 0 bridgehead atoms. The molecule has 1 aliphatic carbocycles. The van der Waals surface area contributed by atoms with E-state index in [4.69, 9.17) is 0 Å². The quantitative estimate of drug-likeness (QED) is 0.806. The molecule has 5 nitrogen and oxygen atoms in total. The Bertz CT molecular complexity index is 979. The molecular weight excluding hydrogens is 362 g/mol. The molecule has 0 radical (unpaired) electrons. The highest BCUT2D eigenvalue weighted by atomic mass is 16.2. The van der Waals surface area contributed by atoms with Crippen molar-refractivity contribution in [3.8, 4) is 0 Å². The standard InChI is InChI=1S/C24H27N3O2/c1-15(2)23(29)27-19-10-6-5-9-17(19)26-18-12-24(3,4)13-20(28)21(18)22(27)16-8-7-11-25-14-16/h5-12,14-15,21-22,26H,13H2,1-4H3. The zero-order chi connectivity index (χ0) is 20.8. The van der Waals surface area contributed by atoms with Gasteiger partial charge in [0.15, 0.2) is 0 Å². The number of para-hydroxylation sites is 2. The summed E-state index contributed by atoms with van der Waals surface area (Å²) in [6.07, 6.45) is 6.08. The molecule has 0 spiro atoms. The van der Waals surface area contributed by atoms with Crippen molar-refractivity contribution in [3.63, 3.8) is 0 Å². The SMILES string of the molecule is CC(C)C(=O)N1c2ccccc2NC2=CC(C)(C)CC(=O)C2C1c1cccnc1. The molecule has 4 rings (SSSR count). The average Bonchev–Trinajstić information content (AvgIpc) is 2.81. The lowest BCUT2D eigenvalue weighted by Gasteiger charge is -2.39. The smallest absolute Gasteiger partial charge is 0.230 e. The van der Waals surface area contributed by atoms with E-state index in [1.165, 1.54) is 0 Å². The van der Waals surface area contributed by atoms with E-state index in [2.05, 4.69) is 30.2 Å². The van der Waals surface area contributed by atoms with Crippen LogP contribution in [0.3, 0.4) is 0 Å². The number of aromatic nitrogens is 1. The Morgan fingerprint density at radius 1 is 1.21 bits per heavy atom. The Kier molecular flexibility index (Phi) is 4.77. The van der Waals surface area contributed by atoms with E-state index in [-0.39, 0.29) is 23.0 Å². The number of amides is 1. The molecular formula is C24H27N3O2. The number of Topliss-reactive ketones (excluding diaryl/α,β-unsaturated/α-hetero) is 1. The van der Waals surface area contributed by atoms with Crippen LogP contribution >= 0.6 is 0 Å². The topological polar surface area (TPSA) is 62.3 Å². The van der Waals surface area contributed by atoms with Gasteiger partial charge in [-0.1, -0.05) is 52.0 Å². The fraction of sp³-hybridized carbons (Fsp3) is 0.375. The van der Waals surface area contributed by atoms with Crippen LogP contribution in [0.2, 0.25) is 0 Å². The maximum atomic E-state index is 13.5. The summed E-state index contributed by atoms with van der Waals surface area (Å²) in [6, 6.07) is 11.2. The summed E-state index contributed by atoms with van der Waals surface area (Å²) >= 11 is 0. The van der Waals surface area contributed by atoms with Crippen molar-refractivity contribution in [2.24, 2.45) is 17.3 Å². The van der Waals surface area contributed by atoms with Crippen LogP contribution in [-0.4, -0.2) is 16.7 Å². The van der Waals surface area contributed by atoms with E-state index in [0.717, 1.165) is 22.6 Å². The molecule has 5 heteroatoms. The molecule has 0 saturated carbocycles. The summed E-state index contributed by atoms with van der Waals surface area (Å²) < 4.78 is 0. The van der Waals surface area contributed by atoms with Gasteiger partial charge in [0.2, 0.25) is 5.91 Å². The zero-order valence-corrected chi connectivity index (χ0v) is 17.3. The molecule has 1 amide bonds. The summed E-state index contributed by atoms with van der Waals surface area (Å²) in [5, 5.41) is 3.50. The molecule has 1 N–H and O–H groups in total. The highest BCUT2D eigenvalue weighted by Gasteiger charge is 2.46. The Morgan fingerprint density at radius 3 is 2.66 bits per heavy atom. The van der Waals surface area contributed by atoms with Crippen LogP contribution in [0.5, 0.6) is 0 Å². The monoisotopic (exact) mass is 389 g/mol. The lowest BCUT2D eigenvalue weighted by Crippen LogP contribution is -2.45. The zero-order valence-electron chi connectivity index (χ0n) is 17.3. The van der Waals surface area contributed by atoms with Crippen LogP contribution in [0.25, 0.3) is 0 Å². The maximum absolute atomic E-state index is 13.5. The number of fused-ring (bicyclic) bond motifs is 2. The van der Waals surface area contributed by atoms with Crippen LogP contribution in [0.4, 0.5) is 11.4 Å². The molecule has 2 aromatic rings. The van der Waals surface area contributed by atoms with E-state index < -0.39 is 12.0 Å². The van der Waals surface area contributed by atoms with E-state index in [1.807, 2.05) is 55.1 Å². The van der Waals surface area contributed by atoms with Gasteiger partial charge < -0.3 is 10.2 Å². The van der Waals surface area contributed by atoms with Gasteiger partial charge in [0.25, 0.3) is 0 Å². The normalized spacial score (nSPS) is 22.9. The second-order valence-electron chi connectivity index (χ2n) is 8.95. The third kappa shape index (κ3) is 3.46. The third-order valence-corrected chi connectivity index (χ3v) is 5.65. The van der Waals surface area contributed by atoms with Gasteiger partial charge in [-0.15, -0.1) is 0 Å². The minimum Gasteiger partial charge on any atom is -0.357 e. The minimum absolute atomic E-state index is 0.00742. The number of pyridine rings is 1. The predicted octanol–water partition coefficient (Wildman–Crippen LogP) is 4.74. The number of nitrogens with one attached hydrogen (secondary N) is 1. The molecule has 150 valence electrons. The molecule has 2 unspecified atom stereocenters. The van der Waals surface area contributed by atoms with Gasteiger partial charge in [0.05, 0.1) is 23.3 Å². The number of benzene rings is 1. The van der Waals surface area contributed by atoms with Crippen LogP contribution in [0.1, 0.15) is 45.7 Å². The Labute approximate surface area is 171 Å². The van der Waals surface area contributed by atoms with Crippen molar-refractivity contribution in [1.82, 2.24) is 4.98 Å². The Hall–Kier alpha value is -2.95. The second kappa shape index (κ2) is 7.14. The summed E-state index contributed by atoms with van der Waals surface area (Å²) in [6.45, 7) is 7.93. The van der Waals surface area contributed by atoms with Crippen molar-refractivity contribution in [2.75, 3.05) is 10.2 Å². The molecule has 1 aromatic carbocycles. The van der Waals surface area contributed by atoms with E-state index in [0.29, 0.717) is 6.42 Å². The first kappa shape index (κ1) is 19.4. The maximum Gasteiger partial charge on any atom is 0.230 e. The summed E-state index contributed by atoms with van der Waals surface area (Å²) in [5.41, 5.74) is 3.13. The van der Waals surface area contributed by atoms with Crippen molar-refractivity contribution in [3.05, 3.63) is 66.1 Å². The number of ketones is 1. The molecule has 2 atom stereocenters. The van der Waals surface area contributed by atoms with Gasteiger partial charge in [-0.05, 0) is 29.2 Å². The predicted molar refractivity (Wildman–Crippen MR) is 114 cm³/mol. The van der Waals surface area contributed by atoms with Crippen LogP contribution in [0, 0.1) is 17.3 Å². The highest BCUT2D eigenvalue weighted by Crippen LogP contribution is 2.48. The van der Waals surface area contributed by atoms with E-state index in [1.54, 1.807) is 12.4 Å². The van der Waals surface area contributed by atoms with Gasteiger partial charge in [-0.25, -0.2) is 0 Å². The first-order chi connectivity index (χ1) is 13.8. The summed E-state index contributed by atoms with van der Waals surface area (Å²) in [5.74, 6) is -0.527. The molecule has 29 heavy (non-hydrogen) atoms. The first-order valence-electron chi connectivity index (χ1n) is 10.1. The van der Waals surface area contributed by atoms with Gasteiger partial charge in [0, 0.05) is 30.4 Å². The summed E-state index contributed by atoms with van der Waals surface area (Å²) in [7, 11) is 0. The number of hydrogen-bond acceptors (Lipinski definition) is 4. The number of nitrogens with zero attached hydrogens (tertiary/aromatic N) is 2. The third-order valence-electron chi connectivity index (χ3n) is 5.65. The van der Waals surface area contributed by atoms with Crippen LogP contribution in [0.15, 0.2) is 60.6 Å². The number of allylic oxidation sites excluding steroid dienone is 1. The number of carbonyl (C=O) groups is 2. The highest BCUT2D eigenvalue weighted by molar-refractivity contribution is 6.01. The Balaban J connectivity index is 2.01. The number of rotatable bonds is 2. The van der Waals surface area contributed by atoms with Gasteiger partial charge in [-0.3, -0.25) is 14.6 Å². The molecule has 1 aromatic heterocycles. The lowest BCUT2D eigenvalue weighted by atomic mass is 9.72. The minimum atomic E-state index is -0.456. The fourth-order valence-corrected chi connectivity index (χ4v) is 4.42. The van der Waals surface area contributed by atoms with Gasteiger partial charge >= 0.3 is 0 Å². The van der Waals surface area contributed by atoms with Crippen molar-refractivity contribution in [1.29, 1.82) is 0 Å². The van der Waals surface area contributed by atoms with Crippen LogP contribution < -0.4 is 10.2 Å². The van der Waals surface area contributed by atoms with Crippen LogP contribution in [-0.2, 0) is 9.59 Å². The molecule has 2 heterocycles. The number of anilines is 2.